The zero-order chi connectivity index (χ0) is 13.8. The molecule has 6 heteroatoms. The van der Waals surface area contributed by atoms with Crippen LogP contribution in [0.4, 0.5) is 18.9 Å². The van der Waals surface area contributed by atoms with Crippen LogP contribution >= 0.6 is 0 Å². The molecule has 0 aliphatic carbocycles. The maximum Gasteiger partial charge on any atom is 0.389 e. The van der Waals surface area contributed by atoms with Crippen LogP contribution in [0.25, 0.3) is 0 Å². The van der Waals surface area contributed by atoms with E-state index >= 15 is 0 Å². The third-order valence-electron chi connectivity index (χ3n) is 2.34. The summed E-state index contributed by atoms with van der Waals surface area (Å²) in [7, 11) is 1.51. The molecule has 0 atom stereocenters. The molecular weight excluding hydrogens is 247 g/mol. The number of alkyl halides is 3. The lowest BCUT2D eigenvalue weighted by Gasteiger charge is -2.10. The van der Waals surface area contributed by atoms with Gasteiger partial charge in [-0.15, -0.1) is 0 Å². The van der Waals surface area contributed by atoms with E-state index in [0.717, 1.165) is 5.56 Å². The predicted molar refractivity (Wildman–Crippen MR) is 61.6 cm³/mol. The van der Waals surface area contributed by atoms with Crippen LogP contribution in [0.3, 0.4) is 0 Å². The summed E-state index contributed by atoms with van der Waals surface area (Å²) < 4.78 is 40.8. The Morgan fingerprint density at radius 2 is 2.06 bits per heavy atom. The molecule has 0 radical (unpaired) electrons. The first-order valence-corrected chi connectivity index (χ1v) is 5.33. The third-order valence-corrected chi connectivity index (χ3v) is 2.34. The Morgan fingerprint density at radius 3 is 2.56 bits per heavy atom. The minimum atomic E-state index is -4.31. The topological polar surface area (TPSA) is 38.3 Å². The second kappa shape index (κ2) is 5.75. The van der Waals surface area contributed by atoms with Crippen molar-refractivity contribution < 1.29 is 22.7 Å². The van der Waals surface area contributed by atoms with Gasteiger partial charge in [-0.1, -0.05) is 0 Å². The van der Waals surface area contributed by atoms with E-state index in [1.54, 1.807) is 25.1 Å². The molecule has 0 unspecified atom stereocenters. The van der Waals surface area contributed by atoms with Crippen LogP contribution in [-0.4, -0.2) is 19.2 Å². The number of methoxy groups -OCH3 is 1. The summed E-state index contributed by atoms with van der Waals surface area (Å²) in [6.45, 7) is 1.74. The number of benzene rings is 1. The molecule has 1 rings (SSSR count). The van der Waals surface area contributed by atoms with E-state index in [4.69, 9.17) is 4.74 Å². The summed E-state index contributed by atoms with van der Waals surface area (Å²) in [6.07, 6.45) is -6.00. The van der Waals surface area contributed by atoms with Gasteiger partial charge in [-0.05, 0) is 30.7 Å². The second-order valence-electron chi connectivity index (χ2n) is 3.84. The first-order valence-electron chi connectivity index (χ1n) is 5.33. The Kier molecular flexibility index (Phi) is 4.58. The molecule has 0 aliphatic heterocycles. The van der Waals surface area contributed by atoms with Crippen LogP contribution in [0.15, 0.2) is 18.2 Å². The van der Waals surface area contributed by atoms with Gasteiger partial charge in [0.15, 0.2) is 0 Å². The van der Waals surface area contributed by atoms with Crippen LogP contribution in [0.2, 0.25) is 0 Å². The average molecular weight is 261 g/mol. The van der Waals surface area contributed by atoms with Crippen LogP contribution in [-0.2, 0) is 4.79 Å². The van der Waals surface area contributed by atoms with Gasteiger partial charge >= 0.3 is 6.18 Å². The molecule has 0 heterocycles. The van der Waals surface area contributed by atoms with Crippen molar-refractivity contribution >= 4 is 11.6 Å². The Morgan fingerprint density at radius 1 is 1.39 bits per heavy atom. The SMILES string of the molecule is COc1ccc(NC(=O)CCC(F)(F)F)c(C)c1. The zero-order valence-corrected chi connectivity index (χ0v) is 10.1. The van der Waals surface area contributed by atoms with Crippen molar-refractivity contribution in [2.75, 3.05) is 12.4 Å². The molecule has 1 aromatic carbocycles. The van der Waals surface area contributed by atoms with Crippen molar-refractivity contribution in [2.45, 2.75) is 25.9 Å². The number of ether oxygens (including phenoxy) is 1. The van der Waals surface area contributed by atoms with Gasteiger partial charge in [-0.3, -0.25) is 4.79 Å². The maximum atomic E-state index is 11.9. The Labute approximate surface area is 103 Å². The van der Waals surface area contributed by atoms with E-state index in [1.165, 1.54) is 7.11 Å². The highest BCUT2D eigenvalue weighted by atomic mass is 19.4. The normalized spacial score (nSPS) is 11.2. The molecule has 0 saturated carbocycles. The number of hydrogen-bond acceptors (Lipinski definition) is 2. The summed E-state index contributed by atoms with van der Waals surface area (Å²) in [4.78, 5) is 11.3. The summed E-state index contributed by atoms with van der Waals surface area (Å²) in [5.41, 5.74) is 1.22. The fraction of sp³-hybridized carbons (Fsp3) is 0.417. The fourth-order valence-electron chi connectivity index (χ4n) is 1.37. The summed E-state index contributed by atoms with van der Waals surface area (Å²) >= 11 is 0. The first kappa shape index (κ1) is 14.3. The van der Waals surface area contributed by atoms with Gasteiger partial charge in [0.2, 0.25) is 5.91 Å². The van der Waals surface area contributed by atoms with E-state index in [1.807, 2.05) is 0 Å². The minimum Gasteiger partial charge on any atom is -0.497 e. The quantitative estimate of drug-likeness (QED) is 0.903. The summed E-state index contributed by atoms with van der Waals surface area (Å²) in [5, 5.41) is 2.44. The molecule has 0 bridgehead atoms. The van der Waals surface area contributed by atoms with Gasteiger partial charge in [0.25, 0.3) is 0 Å². The molecule has 0 aliphatic rings. The molecule has 0 fully saturated rings. The molecule has 18 heavy (non-hydrogen) atoms. The molecule has 0 aromatic heterocycles. The molecule has 0 spiro atoms. The number of aryl methyl sites for hydroxylation is 1. The first-order chi connectivity index (χ1) is 8.31. The zero-order valence-electron chi connectivity index (χ0n) is 10.1. The van der Waals surface area contributed by atoms with Crippen molar-refractivity contribution in [1.29, 1.82) is 0 Å². The number of carbonyl (C=O) groups excluding carboxylic acids is 1. The van der Waals surface area contributed by atoms with Crippen molar-refractivity contribution in [3.05, 3.63) is 23.8 Å². The highest BCUT2D eigenvalue weighted by molar-refractivity contribution is 5.91. The molecule has 1 N–H and O–H groups in total. The highest BCUT2D eigenvalue weighted by Crippen LogP contribution is 2.23. The Balaban J connectivity index is 2.59. The van der Waals surface area contributed by atoms with Crippen molar-refractivity contribution in [2.24, 2.45) is 0 Å². The van der Waals surface area contributed by atoms with Gasteiger partial charge in [-0.2, -0.15) is 13.2 Å². The number of amides is 1. The van der Waals surface area contributed by atoms with Crippen LogP contribution in [0.1, 0.15) is 18.4 Å². The largest absolute Gasteiger partial charge is 0.497 e. The lowest BCUT2D eigenvalue weighted by atomic mass is 10.2. The maximum absolute atomic E-state index is 11.9. The molecule has 0 saturated heterocycles. The van der Waals surface area contributed by atoms with E-state index in [9.17, 15) is 18.0 Å². The average Bonchev–Trinajstić information content (AvgIpc) is 2.28. The highest BCUT2D eigenvalue weighted by Gasteiger charge is 2.27. The van der Waals surface area contributed by atoms with Crippen molar-refractivity contribution in [1.82, 2.24) is 0 Å². The van der Waals surface area contributed by atoms with Crippen LogP contribution in [0.5, 0.6) is 5.75 Å². The molecule has 3 nitrogen and oxygen atoms in total. The number of carbonyl (C=O) groups is 1. The lowest BCUT2D eigenvalue weighted by Crippen LogP contribution is -2.17. The molecular formula is C12H14F3NO2. The number of halogens is 3. The molecule has 100 valence electrons. The number of nitrogens with one attached hydrogen (secondary N) is 1. The van der Waals surface area contributed by atoms with Gasteiger partial charge in [0, 0.05) is 12.1 Å². The number of rotatable bonds is 4. The summed E-state index contributed by atoms with van der Waals surface area (Å²) in [5.74, 6) is -0.0265. The lowest BCUT2D eigenvalue weighted by molar-refractivity contribution is -0.142. The second-order valence-corrected chi connectivity index (χ2v) is 3.84. The molecule has 1 amide bonds. The van der Waals surface area contributed by atoms with Gasteiger partial charge < -0.3 is 10.1 Å². The van der Waals surface area contributed by atoms with Crippen molar-refractivity contribution in [3.8, 4) is 5.75 Å². The number of hydrogen-bond donors (Lipinski definition) is 1. The van der Waals surface area contributed by atoms with E-state index in [0.29, 0.717) is 11.4 Å². The Bertz CT molecular complexity index is 430. The van der Waals surface area contributed by atoms with Crippen LogP contribution in [0, 0.1) is 6.92 Å². The fourth-order valence-corrected chi connectivity index (χ4v) is 1.37. The smallest absolute Gasteiger partial charge is 0.389 e. The van der Waals surface area contributed by atoms with Crippen molar-refractivity contribution in [3.63, 3.8) is 0 Å². The van der Waals surface area contributed by atoms with Crippen LogP contribution < -0.4 is 10.1 Å². The monoisotopic (exact) mass is 261 g/mol. The Hall–Kier alpha value is -1.72. The van der Waals surface area contributed by atoms with E-state index in [2.05, 4.69) is 5.32 Å². The number of anilines is 1. The van der Waals surface area contributed by atoms with Gasteiger partial charge in [0.1, 0.15) is 5.75 Å². The molecule has 1 aromatic rings. The third kappa shape index (κ3) is 4.65. The van der Waals surface area contributed by atoms with Gasteiger partial charge in [0.05, 0.1) is 13.5 Å². The standard InChI is InChI=1S/C12H14F3NO2/c1-8-7-9(18-2)3-4-10(8)16-11(17)5-6-12(13,14)15/h3-4,7H,5-6H2,1-2H3,(H,16,17). The predicted octanol–water partition coefficient (Wildman–Crippen LogP) is 3.28. The van der Waals surface area contributed by atoms with E-state index in [-0.39, 0.29) is 0 Å². The van der Waals surface area contributed by atoms with E-state index < -0.39 is 24.9 Å². The minimum absolute atomic E-state index is 0.489. The van der Waals surface area contributed by atoms with Gasteiger partial charge in [-0.25, -0.2) is 0 Å². The summed E-state index contributed by atoms with van der Waals surface area (Å²) in [6, 6.07) is 4.92.